The van der Waals surface area contributed by atoms with E-state index in [0.717, 1.165) is 11.3 Å². The van der Waals surface area contributed by atoms with Crippen LogP contribution in [-0.4, -0.2) is 31.0 Å². The molecular formula is C21H24N2O3. The first-order valence-corrected chi connectivity index (χ1v) is 8.92. The lowest BCUT2D eigenvalue weighted by Crippen LogP contribution is -2.41. The summed E-state index contributed by atoms with van der Waals surface area (Å²) in [6.07, 6.45) is 0.592. The fourth-order valence-corrected chi connectivity index (χ4v) is 3.14. The molecule has 1 N–H and O–H groups in total. The van der Waals surface area contributed by atoms with E-state index in [1.807, 2.05) is 45.0 Å². The van der Waals surface area contributed by atoms with Crippen LogP contribution in [0.2, 0.25) is 0 Å². The summed E-state index contributed by atoms with van der Waals surface area (Å²) in [5.74, 6) is 0.175. The number of hydrogen-bond acceptors (Lipinski definition) is 3. The topological polar surface area (TPSA) is 58.6 Å². The van der Waals surface area contributed by atoms with Crippen molar-refractivity contribution in [3.8, 4) is 5.75 Å². The number of anilines is 1. The lowest BCUT2D eigenvalue weighted by atomic mass is 10.1. The summed E-state index contributed by atoms with van der Waals surface area (Å²) in [7, 11) is 0. The molecule has 0 bridgehead atoms. The number of aryl methyl sites for hydroxylation is 2. The molecule has 136 valence electrons. The molecule has 1 fully saturated rings. The highest BCUT2D eigenvalue weighted by molar-refractivity contribution is 6.04. The van der Waals surface area contributed by atoms with Gasteiger partial charge in [-0.15, -0.1) is 0 Å². The van der Waals surface area contributed by atoms with E-state index in [1.54, 1.807) is 23.1 Å². The highest BCUT2D eigenvalue weighted by Crippen LogP contribution is 2.25. The van der Waals surface area contributed by atoms with Crippen molar-refractivity contribution in [2.75, 3.05) is 18.1 Å². The molecule has 0 spiro atoms. The Morgan fingerprint density at radius 2 is 1.96 bits per heavy atom. The molecular weight excluding hydrogens is 328 g/mol. The number of rotatable bonds is 5. The number of ether oxygens (including phenoxy) is 1. The second-order valence-electron chi connectivity index (χ2n) is 6.50. The van der Waals surface area contributed by atoms with E-state index in [4.69, 9.17) is 4.74 Å². The van der Waals surface area contributed by atoms with Gasteiger partial charge in [-0.2, -0.15) is 0 Å². The summed E-state index contributed by atoms with van der Waals surface area (Å²) in [4.78, 5) is 27.1. The molecule has 2 aromatic carbocycles. The van der Waals surface area contributed by atoms with Crippen LogP contribution in [0.15, 0.2) is 42.5 Å². The summed E-state index contributed by atoms with van der Waals surface area (Å²) in [6, 6.07) is 12.5. The third-order valence-corrected chi connectivity index (χ3v) is 4.74. The molecule has 2 aromatic rings. The molecule has 0 aliphatic carbocycles. The average Bonchev–Trinajstić information content (AvgIpc) is 2.99. The Morgan fingerprint density at radius 1 is 1.19 bits per heavy atom. The van der Waals surface area contributed by atoms with E-state index in [2.05, 4.69) is 5.32 Å². The minimum atomic E-state index is -0.515. The van der Waals surface area contributed by atoms with Crippen LogP contribution in [0, 0.1) is 13.8 Å². The fraction of sp³-hybridized carbons (Fsp3) is 0.333. The molecule has 0 unspecified atom stereocenters. The van der Waals surface area contributed by atoms with Crippen LogP contribution >= 0.6 is 0 Å². The van der Waals surface area contributed by atoms with Crippen molar-refractivity contribution in [3.05, 3.63) is 59.2 Å². The van der Waals surface area contributed by atoms with Crippen molar-refractivity contribution < 1.29 is 14.3 Å². The van der Waals surface area contributed by atoms with Gasteiger partial charge in [0.1, 0.15) is 11.8 Å². The quantitative estimate of drug-likeness (QED) is 0.899. The van der Waals surface area contributed by atoms with E-state index in [9.17, 15) is 9.59 Å². The molecule has 1 saturated heterocycles. The number of carbonyl (C=O) groups excluding carboxylic acids is 2. The number of amides is 2. The highest BCUT2D eigenvalue weighted by Gasteiger charge is 2.34. The van der Waals surface area contributed by atoms with Crippen LogP contribution < -0.4 is 15.0 Å². The maximum Gasteiger partial charge on any atom is 0.255 e. The first-order chi connectivity index (χ1) is 12.5. The van der Waals surface area contributed by atoms with Crippen LogP contribution in [0.25, 0.3) is 0 Å². The Hall–Kier alpha value is -2.82. The van der Waals surface area contributed by atoms with E-state index < -0.39 is 6.04 Å². The van der Waals surface area contributed by atoms with Crippen molar-refractivity contribution >= 4 is 17.5 Å². The molecule has 0 aromatic heterocycles. The molecule has 1 aliphatic heterocycles. The first kappa shape index (κ1) is 18.0. The Labute approximate surface area is 154 Å². The van der Waals surface area contributed by atoms with Gasteiger partial charge >= 0.3 is 0 Å². The maximum absolute atomic E-state index is 12.8. The molecule has 2 amide bonds. The molecule has 1 aliphatic rings. The van der Waals surface area contributed by atoms with E-state index >= 15 is 0 Å². The minimum Gasteiger partial charge on any atom is -0.493 e. The van der Waals surface area contributed by atoms with E-state index in [1.165, 1.54) is 5.56 Å². The Balaban J connectivity index is 1.73. The monoisotopic (exact) mass is 352 g/mol. The van der Waals surface area contributed by atoms with Gasteiger partial charge in [0, 0.05) is 12.2 Å². The second kappa shape index (κ2) is 7.60. The van der Waals surface area contributed by atoms with Gasteiger partial charge in [0.05, 0.1) is 12.2 Å². The number of nitrogens with one attached hydrogen (secondary N) is 1. The van der Waals surface area contributed by atoms with Gasteiger partial charge in [-0.3, -0.25) is 9.59 Å². The Bertz CT molecular complexity index is 832. The normalized spacial score (nSPS) is 16.7. The zero-order valence-electron chi connectivity index (χ0n) is 15.4. The maximum atomic E-state index is 12.8. The number of para-hydroxylation sites is 1. The lowest BCUT2D eigenvalue weighted by Gasteiger charge is -2.19. The van der Waals surface area contributed by atoms with Crippen molar-refractivity contribution in [3.63, 3.8) is 0 Å². The van der Waals surface area contributed by atoms with Crippen LogP contribution in [0.3, 0.4) is 0 Å². The van der Waals surface area contributed by atoms with Crippen LogP contribution in [-0.2, 0) is 4.79 Å². The number of benzene rings is 2. The second-order valence-corrected chi connectivity index (χ2v) is 6.50. The van der Waals surface area contributed by atoms with Crippen molar-refractivity contribution in [2.24, 2.45) is 0 Å². The van der Waals surface area contributed by atoms with Crippen molar-refractivity contribution in [1.82, 2.24) is 5.32 Å². The summed E-state index contributed by atoms with van der Waals surface area (Å²) < 4.78 is 5.51. The SMILES string of the molecule is CCOc1ccccc1C(=O)N[C@@H]1CCN(c2ccc(C)c(C)c2)C1=O. The third kappa shape index (κ3) is 3.57. The first-order valence-electron chi connectivity index (χ1n) is 8.92. The molecule has 0 radical (unpaired) electrons. The highest BCUT2D eigenvalue weighted by atomic mass is 16.5. The van der Waals surface area contributed by atoms with Gasteiger partial charge in [-0.25, -0.2) is 0 Å². The number of nitrogens with zero attached hydrogens (tertiary/aromatic N) is 1. The van der Waals surface area contributed by atoms with E-state index in [-0.39, 0.29) is 11.8 Å². The standard InChI is InChI=1S/C21H24N2O3/c1-4-26-19-8-6-5-7-17(19)20(24)22-18-11-12-23(21(18)25)16-10-9-14(2)15(3)13-16/h5-10,13,18H,4,11-12H2,1-3H3,(H,22,24)/t18-/m1/s1. The summed E-state index contributed by atoms with van der Waals surface area (Å²) in [5.41, 5.74) is 3.67. The van der Waals surface area contributed by atoms with Crippen LogP contribution in [0.5, 0.6) is 5.75 Å². The smallest absolute Gasteiger partial charge is 0.255 e. The average molecular weight is 352 g/mol. The van der Waals surface area contributed by atoms with Crippen LogP contribution in [0.1, 0.15) is 34.8 Å². The van der Waals surface area contributed by atoms with Crippen molar-refractivity contribution in [1.29, 1.82) is 0 Å². The van der Waals surface area contributed by atoms with Gasteiger partial charge in [0.15, 0.2) is 0 Å². The van der Waals surface area contributed by atoms with Crippen molar-refractivity contribution in [2.45, 2.75) is 33.2 Å². The van der Waals surface area contributed by atoms with E-state index in [0.29, 0.717) is 30.9 Å². The van der Waals surface area contributed by atoms with Crippen LogP contribution in [0.4, 0.5) is 5.69 Å². The molecule has 0 saturated carbocycles. The fourth-order valence-electron chi connectivity index (χ4n) is 3.14. The van der Waals surface area contributed by atoms with Gasteiger partial charge in [0.2, 0.25) is 5.91 Å². The molecule has 5 heteroatoms. The predicted molar refractivity (Wildman–Crippen MR) is 102 cm³/mol. The van der Waals surface area contributed by atoms with Gasteiger partial charge in [-0.1, -0.05) is 18.2 Å². The minimum absolute atomic E-state index is 0.0736. The number of hydrogen-bond donors (Lipinski definition) is 1. The predicted octanol–water partition coefficient (Wildman–Crippen LogP) is 3.24. The molecule has 26 heavy (non-hydrogen) atoms. The zero-order chi connectivity index (χ0) is 18.7. The summed E-state index contributed by atoms with van der Waals surface area (Å²) in [6.45, 7) is 7.02. The molecule has 1 atom stereocenters. The summed E-state index contributed by atoms with van der Waals surface area (Å²) >= 11 is 0. The van der Waals surface area contributed by atoms with Gasteiger partial charge in [0.25, 0.3) is 5.91 Å². The molecule has 1 heterocycles. The summed E-state index contributed by atoms with van der Waals surface area (Å²) in [5, 5.41) is 2.86. The number of carbonyl (C=O) groups is 2. The lowest BCUT2D eigenvalue weighted by molar-refractivity contribution is -0.118. The van der Waals surface area contributed by atoms with Gasteiger partial charge < -0.3 is 15.0 Å². The molecule has 3 rings (SSSR count). The largest absolute Gasteiger partial charge is 0.493 e. The Morgan fingerprint density at radius 3 is 2.69 bits per heavy atom. The third-order valence-electron chi connectivity index (χ3n) is 4.74. The van der Waals surface area contributed by atoms with Gasteiger partial charge in [-0.05, 0) is 62.6 Å². The Kier molecular flexibility index (Phi) is 5.26. The molecule has 5 nitrogen and oxygen atoms in total. The zero-order valence-corrected chi connectivity index (χ0v) is 15.4.